The molecule has 2 rings (SSSR count). The molecule has 1 aliphatic heterocycles. The molecule has 0 saturated heterocycles. The Labute approximate surface area is 161 Å². The van der Waals surface area contributed by atoms with Crippen LogP contribution in [0.15, 0.2) is 47.4 Å². The molecule has 5 heteroatoms. The van der Waals surface area contributed by atoms with E-state index >= 15 is 0 Å². The van der Waals surface area contributed by atoms with Crippen molar-refractivity contribution in [1.29, 1.82) is 0 Å². The fraction of sp³-hybridized carbons (Fsp3) is 0.455. The lowest BCUT2D eigenvalue weighted by Gasteiger charge is -2.19. The van der Waals surface area contributed by atoms with E-state index in [1.54, 1.807) is 7.11 Å². The van der Waals surface area contributed by atoms with Crippen molar-refractivity contribution < 1.29 is 19.4 Å². The van der Waals surface area contributed by atoms with Crippen LogP contribution in [0, 0.1) is 5.92 Å². The number of carbonyl (C=O) groups excluding carboxylic acids is 1. The van der Waals surface area contributed by atoms with Gasteiger partial charge in [-0.1, -0.05) is 24.8 Å². The highest BCUT2D eigenvalue weighted by atomic mass is 16.5. The zero-order valence-corrected chi connectivity index (χ0v) is 16.5. The van der Waals surface area contributed by atoms with Crippen LogP contribution < -0.4 is 14.8 Å². The number of fused-ring (bicyclic) bond motifs is 2. The Hall–Kier alpha value is -2.49. The van der Waals surface area contributed by atoms with Gasteiger partial charge in [-0.25, -0.2) is 0 Å². The number of aliphatic hydroxyl groups is 1. The molecule has 1 amide bonds. The number of hydrogen-bond donors (Lipinski definition) is 2. The van der Waals surface area contributed by atoms with E-state index in [4.69, 9.17) is 9.47 Å². The summed E-state index contributed by atoms with van der Waals surface area (Å²) >= 11 is 0. The van der Waals surface area contributed by atoms with Crippen molar-refractivity contribution in [3.8, 4) is 11.5 Å². The molecule has 0 spiro atoms. The van der Waals surface area contributed by atoms with Crippen LogP contribution >= 0.6 is 0 Å². The molecule has 0 unspecified atom stereocenters. The Balaban J connectivity index is 2.53. The van der Waals surface area contributed by atoms with E-state index in [0.717, 1.165) is 11.1 Å². The number of ether oxygens (including phenoxy) is 2. The highest BCUT2D eigenvalue weighted by Crippen LogP contribution is 2.30. The molecule has 0 fully saturated rings. The number of allylic oxidation sites excluding steroid dienone is 2. The summed E-state index contributed by atoms with van der Waals surface area (Å²) in [5, 5.41) is 12.6. The van der Waals surface area contributed by atoms with Gasteiger partial charge in [0, 0.05) is 6.42 Å². The van der Waals surface area contributed by atoms with Gasteiger partial charge >= 0.3 is 0 Å². The minimum Gasteiger partial charge on any atom is -0.493 e. The average molecular weight is 371 g/mol. The summed E-state index contributed by atoms with van der Waals surface area (Å²) in [6.07, 6.45) is 5.38. The zero-order chi connectivity index (χ0) is 19.8. The van der Waals surface area contributed by atoms with E-state index in [1.807, 2.05) is 44.2 Å². The number of benzene rings is 1. The van der Waals surface area contributed by atoms with Gasteiger partial charge in [-0.2, -0.15) is 0 Å². The van der Waals surface area contributed by atoms with Gasteiger partial charge in [-0.05, 0) is 62.0 Å². The Kier molecular flexibility index (Phi) is 7.71. The molecule has 2 bridgehead atoms. The van der Waals surface area contributed by atoms with Crippen LogP contribution in [0.1, 0.15) is 39.2 Å². The number of rotatable bonds is 3. The molecule has 2 atom stereocenters. The van der Waals surface area contributed by atoms with E-state index in [-0.39, 0.29) is 24.5 Å². The number of nitrogens with one attached hydrogen (secondary N) is 1. The third-order valence-electron chi connectivity index (χ3n) is 4.70. The molecule has 0 saturated carbocycles. The SMILES string of the molecule is C/C=C\C1=C=C(C)[C@@H](C)CCC(=O)N[C@H](CO)Cc2ccc(OC)c(c2)O1. The van der Waals surface area contributed by atoms with Gasteiger partial charge < -0.3 is 19.9 Å². The maximum absolute atomic E-state index is 12.3. The standard InChI is InChI=1S/C22H29NO4/c1-5-6-19-11-16(3)15(2)7-10-22(25)23-18(14-24)12-17-8-9-20(26-4)21(13-17)27-19/h5-6,8-9,13,15,18,24H,7,10,12,14H2,1-4H3,(H,23,25)/b6-5-/t11?,15-,18-/m0/s1. The summed E-state index contributed by atoms with van der Waals surface area (Å²) < 4.78 is 11.5. The Morgan fingerprint density at radius 3 is 2.89 bits per heavy atom. The minimum atomic E-state index is -0.334. The maximum Gasteiger partial charge on any atom is 0.220 e. The second-order valence-corrected chi connectivity index (χ2v) is 6.85. The molecule has 1 aliphatic rings. The van der Waals surface area contributed by atoms with Crippen molar-refractivity contribution in [1.82, 2.24) is 5.32 Å². The molecular formula is C22H29NO4. The topological polar surface area (TPSA) is 67.8 Å². The highest BCUT2D eigenvalue weighted by molar-refractivity contribution is 5.76. The summed E-state index contributed by atoms with van der Waals surface area (Å²) in [6, 6.07) is 5.29. The molecule has 1 heterocycles. The molecule has 0 radical (unpaired) electrons. The number of carbonyl (C=O) groups is 1. The first kappa shape index (κ1) is 20.8. The molecule has 146 valence electrons. The quantitative estimate of drug-likeness (QED) is 0.798. The van der Waals surface area contributed by atoms with Crippen molar-refractivity contribution in [2.75, 3.05) is 13.7 Å². The van der Waals surface area contributed by atoms with Crippen LogP contribution in [-0.4, -0.2) is 30.8 Å². The summed E-state index contributed by atoms with van der Waals surface area (Å²) in [6.45, 7) is 5.86. The monoisotopic (exact) mass is 371 g/mol. The summed E-state index contributed by atoms with van der Waals surface area (Å²) in [7, 11) is 1.60. The van der Waals surface area contributed by atoms with Gasteiger partial charge in [0.05, 0.1) is 19.8 Å². The van der Waals surface area contributed by atoms with Gasteiger partial charge in [0.15, 0.2) is 17.3 Å². The number of hydrogen-bond acceptors (Lipinski definition) is 4. The smallest absolute Gasteiger partial charge is 0.220 e. The molecule has 0 aliphatic carbocycles. The third kappa shape index (κ3) is 6.02. The largest absolute Gasteiger partial charge is 0.493 e. The first-order chi connectivity index (χ1) is 13.0. The van der Waals surface area contributed by atoms with Crippen molar-refractivity contribution in [3.63, 3.8) is 0 Å². The molecular weight excluding hydrogens is 342 g/mol. The Morgan fingerprint density at radius 1 is 1.44 bits per heavy atom. The first-order valence-corrected chi connectivity index (χ1v) is 9.31. The van der Waals surface area contributed by atoms with Crippen LogP contribution in [0.25, 0.3) is 0 Å². The summed E-state index contributed by atoms with van der Waals surface area (Å²) in [5.74, 6) is 1.93. The first-order valence-electron chi connectivity index (χ1n) is 9.31. The van der Waals surface area contributed by atoms with E-state index < -0.39 is 0 Å². The van der Waals surface area contributed by atoms with E-state index in [1.165, 1.54) is 0 Å². The zero-order valence-electron chi connectivity index (χ0n) is 16.5. The molecule has 1 aromatic rings. The maximum atomic E-state index is 12.3. The van der Waals surface area contributed by atoms with E-state index in [9.17, 15) is 9.90 Å². The second-order valence-electron chi connectivity index (χ2n) is 6.85. The molecule has 5 nitrogen and oxygen atoms in total. The molecule has 27 heavy (non-hydrogen) atoms. The number of methoxy groups -OCH3 is 1. The van der Waals surface area contributed by atoms with E-state index in [2.05, 4.69) is 18.0 Å². The predicted octanol–water partition coefficient (Wildman–Crippen LogP) is 3.53. The van der Waals surface area contributed by atoms with Gasteiger partial charge in [0.2, 0.25) is 5.91 Å². The fourth-order valence-electron chi connectivity index (χ4n) is 2.93. The summed E-state index contributed by atoms with van der Waals surface area (Å²) in [5.41, 5.74) is 5.27. The van der Waals surface area contributed by atoms with Gasteiger partial charge in [-0.3, -0.25) is 4.79 Å². The molecule has 0 aromatic heterocycles. The van der Waals surface area contributed by atoms with Crippen molar-refractivity contribution in [3.05, 3.63) is 53.0 Å². The van der Waals surface area contributed by atoms with Gasteiger partial charge in [-0.15, -0.1) is 0 Å². The predicted molar refractivity (Wildman–Crippen MR) is 106 cm³/mol. The Morgan fingerprint density at radius 2 is 2.22 bits per heavy atom. The van der Waals surface area contributed by atoms with E-state index in [0.29, 0.717) is 36.5 Å². The highest BCUT2D eigenvalue weighted by Gasteiger charge is 2.16. The molecule has 2 N–H and O–H groups in total. The number of aliphatic hydroxyl groups excluding tert-OH is 1. The van der Waals surface area contributed by atoms with Crippen molar-refractivity contribution in [2.24, 2.45) is 5.92 Å². The normalized spacial score (nSPS) is 21.6. The van der Waals surface area contributed by atoms with Crippen LogP contribution in [0.4, 0.5) is 0 Å². The number of amides is 1. The van der Waals surface area contributed by atoms with Gasteiger partial charge in [0.25, 0.3) is 0 Å². The average Bonchev–Trinajstić information content (AvgIpc) is 2.65. The van der Waals surface area contributed by atoms with Crippen LogP contribution in [0.2, 0.25) is 0 Å². The molecule has 1 aromatic carbocycles. The Bertz CT molecular complexity index is 760. The summed E-state index contributed by atoms with van der Waals surface area (Å²) in [4.78, 5) is 12.3. The fourth-order valence-corrected chi connectivity index (χ4v) is 2.93. The van der Waals surface area contributed by atoms with Gasteiger partial charge in [0.1, 0.15) is 0 Å². The minimum absolute atomic E-state index is 0.0478. The third-order valence-corrected chi connectivity index (χ3v) is 4.70. The van der Waals surface area contributed by atoms with Crippen molar-refractivity contribution in [2.45, 2.75) is 46.1 Å². The van der Waals surface area contributed by atoms with Crippen LogP contribution in [-0.2, 0) is 11.2 Å². The van der Waals surface area contributed by atoms with Crippen LogP contribution in [0.5, 0.6) is 11.5 Å². The van der Waals surface area contributed by atoms with Crippen molar-refractivity contribution >= 4 is 5.91 Å². The lowest BCUT2D eigenvalue weighted by Crippen LogP contribution is -2.39. The lowest BCUT2D eigenvalue weighted by atomic mass is 9.97. The second kappa shape index (κ2) is 10.0. The lowest BCUT2D eigenvalue weighted by molar-refractivity contribution is -0.122. The van der Waals surface area contributed by atoms with Crippen LogP contribution in [0.3, 0.4) is 0 Å².